The molecule has 3 nitrogen and oxygen atoms in total. The van der Waals surface area contributed by atoms with E-state index in [2.05, 4.69) is 5.32 Å². The molecule has 3 N–H and O–H groups in total. The van der Waals surface area contributed by atoms with Crippen LogP contribution in [0.1, 0.15) is 20.3 Å². The van der Waals surface area contributed by atoms with Gasteiger partial charge in [0.15, 0.2) is 0 Å². The second-order valence-electron chi connectivity index (χ2n) is 2.18. The second-order valence-corrected chi connectivity index (χ2v) is 2.18. The van der Waals surface area contributed by atoms with Crippen molar-refractivity contribution in [3.05, 3.63) is 0 Å². The van der Waals surface area contributed by atoms with Crippen molar-refractivity contribution in [2.24, 2.45) is 0 Å². The van der Waals surface area contributed by atoms with Crippen molar-refractivity contribution in [1.29, 1.82) is 0 Å². The lowest BCUT2D eigenvalue weighted by molar-refractivity contribution is 0.105. The van der Waals surface area contributed by atoms with Crippen LogP contribution in [-0.2, 0) is 0 Å². The minimum atomic E-state index is -0.473. The van der Waals surface area contributed by atoms with Crippen molar-refractivity contribution in [1.82, 2.24) is 5.32 Å². The number of hydrogen-bond acceptors (Lipinski definition) is 3. The lowest BCUT2D eigenvalue weighted by Crippen LogP contribution is -2.33. The zero-order valence-electron chi connectivity index (χ0n) is 5.96. The van der Waals surface area contributed by atoms with Gasteiger partial charge >= 0.3 is 0 Å². The first-order valence-electron chi connectivity index (χ1n) is 3.26. The monoisotopic (exact) mass is 133 g/mol. The van der Waals surface area contributed by atoms with Crippen molar-refractivity contribution in [2.45, 2.75) is 32.6 Å². The maximum Gasteiger partial charge on any atom is 0.104 e. The van der Waals surface area contributed by atoms with E-state index in [1.807, 2.05) is 6.92 Å². The third kappa shape index (κ3) is 5.76. The Kier molecular flexibility index (Phi) is 4.67. The summed E-state index contributed by atoms with van der Waals surface area (Å²) in [6.07, 6.45) is -0.182. The first kappa shape index (κ1) is 8.88. The Morgan fingerprint density at radius 2 is 2.00 bits per heavy atom. The Morgan fingerprint density at radius 1 is 1.44 bits per heavy atom. The van der Waals surface area contributed by atoms with Crippen molar-refractivity contribution >= 4 is 0 Å². The fraction of sp³-hybridized carbons (Fsp3) is 1.00. The molecule has 0 aliphatic heterocycles. The summed E-state index contributed by atoms with van der Waals surface area (Å²) in [5.41, 5.74) is 0. The standard InChI is InChI=1S/C6H15NO2/c1-3-6(9)7-4-5(2)8/h5-9H,3-4H2,1-2H3. The second kappa shape index (κ2) is 4.73. The first-order valence-corrected chi connectivity index (χ1v) is 3.26. The smallest absolute Gasteiger partial charge is 0.104 e. The summed E-state index contributed by atoms with van der Waals surface area (Å²) >= 11 is 0. The maximum atomic E-state index is 8.88. The molecule has 0 radical (unpaired) electrons. The summed E-state index contributed by atoms with van der Waals surface area (Å²) in [6.45, 7) is 4.00. The van der Waals surface area contributed by atoms with Crippen molar-refractivity contribution in [3.63, 3.8) is 0 Å². The molecule has 0 saturated heterocycles. The number of aliphatic hydroxyl groups excluding tert-OH is 2. The van der Waals surface area contributed by atoms with Gasteiger partial charge in [0.1, 0.15) is 6.23 Å². The maximum absolute atomic E-state index is 8.88. The van der Waals surface area contributed by atoms with Crippen LogP contribution in [0.15, 0.2) is 0 Å². The molecule has 3 heteroatoms. The highest BCUT2D eigenvalue weighted by molar-refractivity contribution is 4.54. The number of aliphatic hydroxyl groups is 2. The third-order valence-corrected chi connectivity index (χ3v) is 1.04. The first-order chi connectivity index (χ1) is 4.16. The molecule has 0 aromatic rings. The van der Waals surface area contributed by atoms with Gasteiger partial charge in [-0.1, -0.05) is 6.92 Å². The van der Waals surface area contributed by atoms with Gasteiger partial charge in [-0.3, -0.25) is 5.32 Å². The molecule has 2 atom stereocenters. The summed E-state index contributed by atoms with van der Waals surface area (Å²) in [7, 11) is 0. The van der Waals surface area contributed by atoms with Crippen LogP contribution in [0.25, 0.3) is 0 Å². The predicted molar refractivity (Wildman–Crippen MR) is 36.0 cm³/mol. The van der Waals surface area contributed by atoms with Crippen LogP contribution in [0, 0.1) is 0 Å². The number of nitrogens with one attached hydrogen (secondary N) is 1. The van der Waals surface area contributed by atoms with Gasteiger partial charge in [0.25, 0.3) is 0 Å². The van der Waals surface area contributed by atoms with Crippen LogP contribution in [0.3, 0.4) is 0 Å². The normalized spacial score (nSPS) is 17.3. The molecule has 0 bridgehead atoms. The Bertz CT molecular complexity index is 66.1. The molecular formula is C6H15NO2. The van der Waals surface area contributed by atoms with E-state index in [1.54, 1.807) is 6.92 Å². The van der Waals surface area contributed by atoms with E-state index in [-0.39, 0.29) is 6.10 Å². The summed E-state index contributed by atoms with van der Waals surface area (Å²) < 4.78 is 0. The summed E-state index contributed by atoms with van der Waals surface area (Å²) in [4.78, 5) is 0. The highest BCUT2D eigenvalue weighted by Crippen LogP contribution is 1.84. The van der Waals surface area contributed by atoms with Gasteiger partial charge < -0.3 is 10.2 Å². The van der Waals surface area contributed by atoms with E-state index in [0.717, 1.165) is 0 Å². The number of rotatable bonds is 4. The molecule has 0 aliphatic rings. The van der Waals surface area contributed by atoms with Gasteiger partial charge in [-0.05, 0) is 13.3 Å². The van der Waals surface area contributed by atoms with Gasteiger partial charge in [-0.15, -0.1) is 0 Å². The van der Waals surface area contributed by atoms with Crippen molar-refractivity contribution in [3.8, 4) is 0 Å². The molecular weight excluding hydrogens is 118 g/mol. The Labute approximate surface area is 55.7 Å². The fourth-order valence-corrected chi connectivity index (χ4v) is 0.451. The zero-order valence-corrected chi connectivity index (χ0v) is 5.96. The molecule has 0 amide bonds. The molecule has 9 heavy (non-hydrogen) atoms. The van der Waals surface area contributed by atoms with E-state index in [9.17, 15) is 0 Å². The molecule has 0 aliphatic carbocycles. The van der Waals surface area contributed by atoms with E-state index in [0.29, 0.717) is 13.0 Å². The average Bonchev–Trinajstić information content (AvgIpc) is 1.83. The third-order valence-electron chi connectivity index (χ3n) is 1.04. The Balaban J connectivity index is 3.06. The van der Waals surface area contributed by atoms with Crippen LogP contribution in [0.2, 0.25) is 0 Å². The van der Waals surface area contributed by atoms with Crippen LogP contribution in [0.5, 0.6) is 0 Å². The van der Waals surface area contributed by atoms with Crippen LogP contribution >= 0.6 is 0 Å². The van der Waals surface area contributed by atoms with E-state index < -0.39 is 6.23 Å². The van der Waals surface area contributed by atoms with E-state index in [1.165, 1.54) is 0 Å². The van der Waals surface area contributed by atoms with Gasteiger partial charge in [0, 0.05) is 6.54 Å². The van der Waals surface area contributed by atoms with Gasteiger partial charge in [-0.2, -0.15) is 0 Å². The average molecular weight is 133 g/mol. The topological polar surface area (TPSA) is 52.5 Å². The minimum Gasteiger partial charge on any atom is -0.392 e. The van der Waals surface area contributed by atoms with E-state index in [4.69, 9.17) is 10.2 Å². The molecule has 2 unspecified atom stereocenters. The summed E-state index contributed by atoms with van der Waals surface area (Å²) in [5.74, 6) is 0. The van der Waals surface area contributed by atoms with Gasteiger partial charge in [-0.25, -0.2) is 0 Å². The lowest BCUT2D eigenvalue weighted by Gasteiger charge is -2.10. The molecule has 0 rings (SSSR count). The van der Waals surface area contributed by atoms with Crippen molar-refractivity contribution < 1.29 is 10.2 Å². The van der Waals surface area contributed by atoms with Gasteiger partial charge in [0.2, 0.25) is 0 Å². The van der Waals surface area contributed by atoms with Crippen LogP contribution in [0.4, 0.5) is 0 Å². The molecule has 0 aromatic heterocycles. The summed E-state index contributed by atoms with van der Waals surface area (Å²) in [5, 5.41) is 20.3. The minimum absolute atomic E-state index is 0.383. The van der Waals surface area contributed by atoms with E-state index >= 15 is 0 Å². The molecule has 0 spiro atoms. The molecule has 0 heterocycles. The Morgan fingerprint density at radius 3 is 2.33 bits per heavy atom. The van der Waals surface area contributed by atoms with Crippen LogP contribution in [-0.4, -0.2) is 29.1 Å². The van der Waals surface area contributed by atoms with Crippen molar-refractivity contribution in [2.75, 3.05) is 6.54 Å². The molecule has 0 fully saturated rings. The summed E-state index contributed by atoms with van der Waals surface area (Å²) in [6, 6.07) is 0. The Hall–Kier alpha value is -0.120. The largest absolute Gasteiger partial charge is 0.392 e. The van der Waals surface area contributed by atoms with Gasteiger partial charge in [0.05, 0.1) is 6.10 Å². The fourth-order valence-electron chi connectivity index (χ4n) is 0.451. The quantitative estimate of drug-likeness (QED) is 0.461. The highest BCUT2D eigenvalue weighted by atomic mass is 16.3. The highest BCUT2D eigenvalue weighted by Gasteiger charge is 1.99. The number of hydrogen-bond donors (Lipinski definition) is 3. The SMILES string of the molecule is CCC(O)NCC(C)O. The van der Waals surface area contributed by atoms with Crippen LogP contribution < -0.4 is 5.32 Å². The molecule has 56 valence electrons. The zero-order chi connectivity index (χ0) is 7.28. The predicted octanol–water partition coefficient (Wildman–Crippen LogP) is -0.315. The molecule has 0 aromatic carbocycles. The lowest BCUT2D eigenvalue weighted by atomic mass is 10.3. The molecule has 0 saturated carbocycles.